The molecule has 0 aliphatic carbocycles. The first-order valence-electron chi connectivity index (χ1n) is 8.35. The molecule has 3 heterocycles. The highest BCUT2D eigenvalue weighted by atomic mass is 19.1. The molecule has 8 heteroatoms. The Balaban J connectivity index is 1.66. The number of fused-ring (bicyclic) bond motifs is 1. The number of rotatable bonds is 6. The zero-order valence-corrected chi connectivity index (χ0v) is 14.8. The summed E-state index contributed by atoms with van der Waals surface area (Å²) in [5, 5.41) is 11.8. The largest absolute Gasteiger partial charge is 0.488 e. The van der Waals surface area contributed by atoms with Crippen molar-refractivity contribution in [2.75, 3.05) is 20.3 Å². The van der Waals surface area contributed by atoms with Crippen molar-refractivity contribution in [3.05, 3.63) is 48.0 Å². The average Bonchev–Trinajstić information content (AvgIpc) is 3.29. The lowest BCUT2D eigenvalue weighted by atomic mass is 10.1. The van der Waals surface area contributed by atoms with Crippen LogP contribution < -0.4 is 4.74 Å². The van der Waals surface area contributed by atoms with Gasteiger partial charge in [0, 0.05) is 42.1 Å². The highest BCUT2D eigenvalue weighted by molar-refractivity contribution is 5.92. The molecule has 0 amide bonds. The van der Waals surface area contributed by atoms with Crippen LogP contribution >= 0.6 is 0 Å². The maximum atomic E-state index is 14.4. The number of halogens is 1. The summed E-state index contributed by atoms with van der Waals surface area (Å²) < 4.78 is 30.1. The van der Waals surface area contributed by atoms with Gasteiger partial charge in [0.1, 0.15) is 18.0 Å². The van der Waals surface area contributed by atoms with E-state index < -0.39 is 5.82 Å². The van der Waals surface area contributed by atoms with E-state index in [4.69, 9.17) is 14.0 Å². The molecule has 0 fully saturated rings. The van der Waals surface area contributed by atoms with Gasteiger partial charge in [0.25, 0.3) is 0 Å². The van der Waals surface area contributed by atoms with Gasteiger partial charge in [0.2, 0.25) is 0 Å². The van der Waals surface area contributed by atoms with E-state index in [2.05, 4.69) is 20.3 Å². The van der Waals surface area contributed by atoms with Gasteiger partial charge in [-0.05, 0) is 25.1 Å². The molecule has 0 unspecified atom stereocenters. The Bertz CT molecular complexity index is 1070. The fraction of sp³-hybridized carbons (Fsp3) is 0.211. The van der Waals surface area contributed by atoms with Gasteiger partial charge in [0.15, 0.2) is 17.3 Å². The molecule has 0 radical (unpaired) electrons. The lowest BCUT2D eigenvalue weighted by molar-refractivity contribution is 0.144. The van der Waals surface area contributed by atoms with E-state index in [0.29, 0.717) is 34.7 Å². The van der Waals surface area contributed by atoms with Crippen LogP contribution in [0.5, 0.6) is 5.75 Å². The third-order valence-corrected chi connectivity index (χ3v) is 4.11. The molecule has 27 heavy (non-hydrogen) atoms. The summed E-state index contributed by atoms with van der Waals surface area (Å²) >= 11 is 0. The summed E-state index contributed by atoms with van der Waals surface area (Å²) in [5.41, 5.74) is 3.49. The number of nitrogens with one attached hydrogen (secondary N) is 1. The van der Waals surface area contributed by atoms with E-state index in [1.54, 1.807) is 25.4 Å². The van der Waals surface area contributed by atoms with E-state index in [1.165, 1.54) is 6.07 Å². The SMILES string of the molecule is COCCOc1cc2[nH]nc(-c3cc(-c4ccc(C)nc4)no3)c2cc1F. The van der Waals surface area contributed by atoms with E-state index in [0.717, 1.165) is 11.3 Å². The number of H-pyrrole nitrogens is 1. The maximum Gasteiger partial charge on any atom is 0.188 e. The summed E-state index contributed by atoms with van der Waals surface area (Å²) in [6.07, 6.45) is 1.73. The number of nitrogens with zero attached hydrogens (tertiary/aromatic N) is 3. The molecule has 4 aromatic rings. The van der Waals surface area contributed by atoms with Crippen LogP contribution in [0.25, 0.3) is 33.6 Å². The molecule has 0 atom stereocenters. The van der Waals surface area contributed by atoms with Gasteiger partial charge in [-0.3, -0.25) is 10.1 Å². The van der Waals surface area contributed by atoms with Gasteiger partial charge in [-0.1, -0.05) is 5.16 Å². The Morgan fingerprint density at radius 3 is 2.85 bits per heavy atom. The molecule has 0 saturated heterocycles. The summed E-state index contributed by atoms with van der Waals surface area (Å²) in [6.45, 7) is 2.55. The van der Waals surface area contributed by atoms with Crippen molar-refractivity contribution in [1.82, 2.24) is 20.3 Å². The van der Waals surface area contributed by atoms with Gasteiger partial charge in [0.05, 0.1) is 12.1 Å². The second-order valence-electron chi connectivity index (χ2n) is 6.01. The minimum absolute atomic E-state index is 0.138. The Kier molecular flexibility index (Phi) is 4.55. The Morgan fingerprint density at radius 1 is 1.19 bits per heavy atom. The molecule has 3 aromatic heterocycles. The summed E-state index contributed by atoms with van der Waals surface area (Å²) in [4.78, 5) is 4.25. The molecule has 0 bridgehead atoms. The lowest BCUT2D eigenvalue weighted by Gasteiger charge is -2.06. The van der Waals surface area contributed by atoms with Crippen LogP contribution in [0, 0.1) is 12.7 Å². The number of pyridine rings is 1. The molecule has 0 spiro atoms. The minimum atomic E-state index is -0.483. The molecule has 1 aromatic carbocycles. The van der Waals surface area contributed by atoms with Crippen molar-refractivity contribution in [2.24, 2.45) is 0 Å². The zero-order valence-electron chi connectivity index (χ0n) is 14.8. The Morgan fingerprint density at radius 2 is 2.07 bits per heavy atom. The average molecular weight is 368 g/mol. The predicted octanol–water partition coefficient (Wildman–Crippen LogP) is 3.75. The standard InChI is InChI=1S/C19H17FN4O3/c1-11-3-4-12(10-21-11)15-8-18(27-24-15)19-13-7-14(20)17(26-6-5-25-2)9-16(13)22-23-19/h3-4,7-10H,5-6H2,1-2H3,(H,22,23). The maximum absolute atomic E-state index is 14.4. The van der Waals surface area contributed by atoms with Crippen molar-refractivity contribution < 1.29 is 18.4 Å². The van der Waals surface area contributed by atoms with Crippen molar-refractivity contribution >= 4 is 10.9 Å². The normalized spacial score (nSPS) is 11.2. The third kappa shape index (κ3) is 3.39. The van der Waals surface area contributed by atoms with Crippen LogP contribution in [0.1, 0.15) is 5.69 Å². The van der Waals surface area contributed by atoms with Crippen LogP contribution in [-0.4, -0.2) is 40.7 Å². The number of aromatic nitrogens is 4. The highest BCUT2D eigenvalue weighted by Crippen LogP contribution is 2.32. The third-order valence-electron chi connectivity index (χ3n) is 4.11. The zero-order chi connectivity index (χ0) is 18.8. The summed E-state index contributed by atoms with van der Waals surface area (Å²) in [5.74, 6) is 0.0896. The first kappa shape index (κ1) is 17.2. The fourth-order valence-corrected chi connectivity index (χ4v) is 2.69. The predicted molar refractivity (Wildman–Crippen MR) is 96.9 cm³/mol. The number of benzene rings is 1. The minimum Gasteiger partial charge on any atom is -0.488 e. The van der Waals surface area contributed by atoms with Crippen molar-refractivity contribution in [3.63, 3.8) is 0 Å². The Hall–Kier alpha value is -3.26. The first-order chi connectivity index (χ1) is 13.2. The van der Waals surface area contributed by atoms with E-state index >= 15 is 0 Å². The van der Waals surface area contributed by atoms with Crippen LogP contribution in [0.2, 0.25) is 0 Å². The van der Waals surface area contributed by atoms with Crippen LogP contribution in [0.15, 0.2) is 41.1 Å². The second kappa shape index (κ2) is 7.16. The number of hydrogen-bond acceptors (Lipinski definition) is 6. The molecule has 0 aliphatic rings. The van der Waals surface area contributed by atoms with Gasteiger partial charge in [-0.2, -0.15) is 5.10 Å². The molecule has 4 rings (SSSR count). The number of methoxy groups -OCH3 is 1. The monoisotopic (exact) mass is 368 g/mol. The van der Waals surface area contributed by atoms with Gasteiger partial charge in [-0.25, -0.2) is 4.39 Å². The van der Waals surface area contributed by atoms with Crippen molar-refractivity contribution in [1.29, 1.82) is 0 Å². The van der Waals surface area contributed by atoms with Crippen molar-refractivity contribution in [3.8, 4) is 28.5 Å². The Labute approximate surface area is 154 Å². The van der Waals surface area contributed by atoms with Crippen molar-refractivity contribution in [2.45, 2.75) is 6.92 Å². The lowest BCUT2D eigenvalue weighted by Crippen LogP contribution is -2.05. The first-order valence-corrected chi connectivity index (χ1v) is 8.35. The smallest absolute Gasteiger partial charge is 0.188 e. The van der Waals surface area contributed by atoms with E-state index in [1.807, 2.05) is 19.1 Å². The number of aryl methyl sites for hydroxylation is 1. The summed E-state index contributed by atoms with van der Waals surface area (Å²) in [7, 11) is 1.56. The van der Waals surface area contributed by atoms with Crippen LogP contribution in [0.3, 0.4) is 0 Å². The van der Waals surface area contributed by atoms with Gasteiger partial charge >= 0.3 is 0 Å². The van der Waals surface area contributed by atoms with Crippen LogP contribution in [0.4, 0.5) is 4.39 Å². The van der Waals surface area contributed by atoms with Gasteiger partial charge < -0.3 is 14.0 Å². The second-order valence-corrected chi connectivity index (χ2v) is 6.01. The number of ether oxygens (including phenoxy) is 2. The number of hydrogen-bond donors (Lipinski definition) is 1. The van der Waals surface area contributed by atoms with Gasteiger partial charge in [-0.15, -0.1) is 0 Å². The molecule has 1 N–H and O–H groups in total. The van der Waals surface area contributed by atoms with E-state index in [9.17, 15) is 4.39 Å². The van der Waals surface area contributed by atoms with E-state index in [-0.39, 0.29) is 12.4 Å². The quantitative estimate of drug-likeness (QED) is 0.522. The molecular weight excluding hydrogens is 351 g/mol. The van der Waals surface area contributed by atoms with Crippen LogP contribution in [-0.2, 0) is 4.74 Å². The molecule has 138 valence electrons. The summed E-state index contributed by atoms with van der Waals surface area (Å²) in [6, 6.07) is 8.50. The number of aromatic amines is 1. The fourth-order valence-electron chi connectivity index (χ4n) is 2.69. The molecule has 0 saturated carbocycles. The molecule has 7 nitrogen and oxygen atoms in total. The molecular formula is C19H17FN4O3. The topological polar surface area (TPSA) is 86.1 Å². The molecule has 0 aliphatic heterocycles. The highest BCUT2D eigenvalue weighted by Gasteiger charge is 2.17.